The van der Waals surface area contributed by atoms with E-state index >= 15 is 0 Å². The minimum atomic E-state index is -4.54. The van der Waals surface area contributed by atoms with Crippen molar-refractivity contribution in [2.75, 3.05) is 49.6 Å². The van der Waals surface area contributed by atoms with E-state index in [0.29, 0.717) is 40.5 Å². The molecule has 3 heterocycles. The summed E-state index contributed by atoms with van der Waals surface area (Å²) in [6, 6.07) is 9.76. The number of likely N-dealkylation sites (N-methyl/N-ethyl adjacent to an activating group) is 1. The molecule has 0 bridgehead atoms. The van der Waals surface area contributed by atoms with Crippen molar-refractivity contribution >= 4 is 40.5 Å². The Morgan fingerprint density at radius 2 is 1.75 bits per heavy atom. The molecule has 2 amide bonds. The van der Waals surface area contributed by atoms with Crippen molar-refractivity contribution in [3.63, 3.8) is 0 Å². The van der Waals surface area contributed by atoms with Crippen LogP contribution in [0.3, 0.4) is 0 Å². The van der Waals surface area contributed by atoms with E-state index < -0.39 is 17.8 Å². The largest absolute Gasteiger partial charge is 0.416 e. The zero-order valence-corrected chi connectivity index (χ0v) is 21.7. The van der Waals surface area contributed by atoms with E-state index in [-0.39, 0.29) is 11.5 Å². The van der Waals surface area contributed by atoms with Crippen molar-refractivity contribution in [3.05, 3.63) is 72.3 Å². The number of alkyl halides is 3. The smallest absolute Gasteiger partial charge is 0.382 e. The second kappa shape index (κ2) is 10.9. The summed E-state index contributed by atoms with van der Waals surface area (Å²) in [6.45, 7) is 7.36. The van der Waals surface area contributed by atoms with Gasteiger partial charge in [0.25, 0.3) is 0 Å². The molecule has 0 unspecified atom stereocenters. The number of nitrogens with zero attached hydrogens (tertiary/aromatic N) is 6. The highest BCUT2D eigenvalue weighted by Gasteiger charge is 2.31. The number of nitrogen functional groups attached to an aromatic ring is 1. The summed E-state index contributed by atoms with van der Waals surface area (Å²) in [6.07, 6.45) is -1.64. The number of hydrogen-bond acceptors (Lipinski definition) is 7. The maximum atomic E-state index is 13.6. The van der Waals surface area contributed by atoms with Gasteiger partial charge in [0.1, 0.15) is 12.2 Å². The zero-order valence-electron chi connectivity index (χ0n) is 21.7. The predicted octanol–water partition coefficient (Wildman–Crippen LogP) is 4.45. The molecule has 0 aliphatic carbocycles. The van der Waals surface area contributed by atoms with E-state index in [1.807, 2.05) is 7.05 Å². The standard InChI is InChI=1S/C27H28F3N9O/c1-3-22-36-23-24(31)32-16-33-25(23)39(22)21-6-4-19(5-7-21)34-26(40)35-20-13-17(12-18(14-20)27(28,29)30)15-38-10-8-37(2)9-11-38/h3-7,12-14,16H,1,8-11,15H2,2H3,(H2,31,32,33)(H2,34,35,40). The number of nitrogens with one attached hydrogen (secondary N) is 2. The normalized spacial score (nSPS) is 14.8. The molecule has 10 nitrogen and oxygen atoms in total. The number of urea groups is 1. The van der Waals surface area contributed by atoms with Crippen molar-refractivity contribution in [3.8, 4) is 5.69 Å². The molecule has 0 atom stereocenters. The van der Waals surface area contributed by atoms with Gasteiger partial charge in [-0.15, -0.1) is 0 Å². The van der Waals surface area contributed by atoms with Gasteiger partial charge in [0, 0.05) is 49.8 Å². The Kier molecular flexibility index (Phi) is 7.41. The number of carbonyl (C=O) groups is 1. The highest BCUT2D eigenvalue weighted by molar-refractivity contribution is 6.00. The number of benzene rings is 2. The molecule has 4 aromatic rings. The van der Waals surface area contributed by atoms with E-state index in [4.69, 9.17) is 5.73 Å². The zero-order chi connectivity index (χ0) is 28.4. The Hall–Kier alpha value is -4.49. The lowest BCUT2D eigenvalue weighted by Gasteiger charge is -2.32. The van der Waals surface area contributed by atoms with E-state index in [9.17, 15) is 18.0 Å². The van der Waals surface area contributed by atoms with Crippen LogP contribution in [0.2, 0.25) is 0 Å². The van der Waals surface area contributed by atoms with Crippen molar-refractivity contribution in [2.45, 2.75) is 12.7 Å². The van der Waals surface area contributed by atoms with Crippen molar-refractivity contribution in [2.24, 2.45) is 0 Å². The fraction of sp³-hybridized carbons (Fsp3) is 0.259. The molecule has 1 fully saturated rings. The molecule has 1 aliphatic rings. The summed E-state index contributed by atoms with van der Waals surface area (Å²) in [5.74, 6) is 0.751. The summed E-state index contributed by atoms with van der Waals surface area (Å²) in [4.78, 5) is 29.7. The summed E-state index contributed by atoms with van der Waals surface area (Å²) in [7, 11) is 2.01. The summed E-state index contributed by atoms with van der Waals surface area (Å²) < 4.78 is 42.6. The van der Waals surface area contributed by atoms with Crippen LogP contribution in [0, 0.1) is 0 Å². The lowest BCUT2D eigenvalue weighted by Crippen LogP contribution is -2.43. The first-order chi connectivity index (χ1) is 19.1. The number of piperazine rings is 1. The SMILES string of the molecule is C=Cc1nc2c(N)ncnc2n1-c1ccc(NC(=O)Nc2cc(CN3CCN(C)CC3)cc(C(F)(F)F)c2)cc1. The van der Waals surface area contributed by atoms with Gasteiger partial charge in [0.05, 0.1) is 5.56 Å². The Labute approximate surface area is 228 Å². The van der Waals surface area contributed by atoms with Crippen LogP contribution >= 0.6 is 0 Å². The first-order valence-electron chi connectivity index (χ1n) is 12.5. The van der Waals surface area contributed by atoms with Gasteiger partial charge in [0.2, 0.25) is 0 Å². The van der Waals surface area contributed by atoms with Crippen LogP contribution in [-0.4, -0.2) is 68.6 Å². The van der Waals surface area contributed by atoms with Crippen molar-refractivity contribution < 1.29 is 18.0 Å². The number of nitrogens with two attached hydrogens (primary N) is 1. The summed E-state index contributed by atoms with van der Waals surface area (Å²) >= 11 is 0. The average Bonchev–Trinajstić information content (AvgIpc) is 3.30. The molecule has 0 radical (unpaired) electrons. The number of aromatic nitrogens is 4. The van der Waals surface area contributed by atoms with Gasteiger partial charge >= 0.3 is 12.2 Å². The topological polar surface area (TPSA) is 117 Å². The average molecular weight is 552 g/mol. The van der Waals surface area contributed by atoms with Crippen LogP contribution in [-0.2, 0) is 12.7 Å². The number of carbonyl (C=O) groups excluding carboxylic acids is 1. The molecular formula is C27H28F3N9O. The number of anilines is 3. The minimum absolute atomic E-state index is 0.0610. The highest BCUT2D eigenvalue weighted by atomic mass is 19.4. The van der Waals surface area contributed by atoms with Crippen LogP contribution in [0.5, 0.6) is 0 Å². The van der Waals surface area contributed by atoms with Gasteiger partial charge in [-0.25, -0.2) is 19.7 Å². The first kappa shape index (κ1) is 27.1. The molecular weight excluding hydrogens is 523 g/mol. The quantitative estimate of drug-likeness (QED) is 0.324. The van der Waals surface area contributed by atoms with Gasteiger partial charge in [-0.05, 0) is 61.2 Å². The Bertz CT molecular complexity index is 1540. The molecule has 1 saturated heterocycles. The van der Waals surface area contributed by atoms with Crippen LogP contribution in [0.15, 0.2) is 55.4 Å². The fourth-order valence-corrected chi connectivity index (χ4v) is 4.59. The first-order valence-corrected chi connectivity index (χ1v) is 12.5. The Morgan fingerprint density at radius 1 is 1.05 bits per heavy atom. The van der Waals surface area contributed by atoms with Crippen LogP contribution < -0.4 is 16.4 Å². The highest BCUT2D eigenvalue weighted by Crippen LogP contribution is 2.32. The van der Waals surface area contributed by atoms with Gasteiger partial charge in [-0.3, -0.25) is 9.47 Å². The number of imidazole rings is 1. The summed E-state index contributed by atoms with van der Waals surface area (Å²) in [5.41, 5.74) is 7.71. The predicted molar refractivity (Wildman–Crippen MR) is 148 cm³/mol. The molecule has 13 heteroatoms. The maximum Gasteiger partial charge on any atom is 0.416 e. The number of amides is 2. The maximum absolute atomic E-state index is 13.6. The third kappa shape index (κ3) is 5.90. The molecule has 1 aliphatic heterocycles. The van der Waals surface area contributed by atoms with Crippen LogP contribution in [0.4, 0.5) is 35.2 Å². The van der Waals surface area contributed by atoms with E-state index in [2.05, 4.69) is 42.0 Å². The third-order valence-corrected chi connectivity index (χ3v) is 6.64. The lowest BCUT2D eigenvalue weighted by molar-refractivity contribution is -0.137. The van der Waals surface area contributed by atoms with E-state index in [0.717, 1.165) is 38.3 Å². The van der Waals surface area contributed by atoms with E-state index in [1.54, 1.807) is 41.0 Å². The Balaban J connectivity index is 1.31. The van der Waals surface area contributed by atoms with Crippen molar-refractivity contribution in [1.82, 2.24) is 29.3 Å². The van der Waals surface area contributed by atoms with Crippen molar-refractivity contribution in [1.29, 1.82) is 0 Å². The number of rotatable bonds is 6. The monoisotopic (exact) mass is 551 g/mol. The molecule has 2 aromatic carbocycles. The minimum Gasteiger partial charge on any atom is -0.382 e. The van der Waals surface area contributed by atoms with Gasteiger partial charge in [-0.2, -0.15) is 13.2 Å². The van der Waals surface area contributed by atoms with E-state index in [1.165, 1.54) is 6.33 Å². The van der Waals surface area contributed by atoms with Gasteiger partial charge < -0.3 is 21.3 Å². The number of hydrogen-bond donors (Lipinski definition) is 3. The fourth-order valence-electron chi connectivity index (χ4n) is 4.59. The van der Waals surface area contributed by atoms with Gasteiger partial charge in [0.15, 0.2) is 17.0 Å². The molecule has 208 valence electrons. The van der Waals surface area contributed by atoms with Crippen LogP contribution in [0.1, 0.15) is 17.0 Å². The third-order valence-electron chi connectivity index (χ3n) is 6.64. The molecule has 0 saturated carbocycles. The molecule has 40 heavy (non-hydrogen) atoms. The lowest BCUT2D eigenvalue weighted by atomic mass is 10.1. The van der Waals surface area contributed by atoms with Crippen LogP contribution in [0.25, 0.3) is 22.9 Å². The molecule has 0 spiro atoms. The second-order valence-electron chi connectivity index (χ2n) is 9.56. The number of fused-ring (bicyclic) bond motifs is 1. The number of halogens is 3. The molecule has 2 aromatic heterocycles. The second-order valence-corrected chi connectivity index (χ2v) is 9.56. The summed E-state index contributed by atoms with van der Waals surface area (Å²) in [5, 5.41) is 5.21. The van der Waals surface area contributed by atoms with Gasteiger partial charge in [-0.1, -0.05) is 6.58 Å². The molecule has 5 rings (SSSR count). The molecule has 4 N–H and O–H groups in total. The Morgan fingerprint density at radius 3 is 2.42 bits per heavy atom.